The van der Waals surface area contributed by atoms with E-state index >= 15 is 0 Å². The van der Waals surface area contributed by atoms with Crippen LogP contribution in [0.2, 0.25) is 16.6 Å². The number of hydrogen-bond acceptors (Lipinski definition) is 3. The fourth-order valence-electron chi connectivity index (χ4n) is 4.08. The molecule has 0 bridgehead atoms. The van der Waals surface area contributed by atoms with Crippen molar-refractivity contribution >= 4 is 8.32 Å². The molecule has 0 spiro atoms. The van der Waals surface area contributed by atoms with Gasteiger partial charge in [0, 0.05) is 0 Å². The molecule has 1 aliphatic rings. The van der Waals surface area contributed by atoms with Gasteiger partial charge in [-0.25, -0.2) is 0 Å². The summed E-state index contributed by atoms with van der Waals surface area (Å²) in [6.07, 6.45) is -0.0191. The molecule has 0 radical (unpaired) electrons. The Morgan fingerprint density at radius 2 is 1.61 bits per heavy atom. The van der Waals surface area contributed by atoms with E-state index in [2.05, 4.69) is 53.4 Å². The highest BCUT2D eigenvalue weighted by atomic mass is 28.4. The number of rotatable bonds is 6. The smallest absolute Gasteiger partial charge is 0.200 e. The third-order valence-corrected chi connectivity index (χ3v) is 11.1. The molecule has 0 amide bonds. The van der Waals surface area contributed by atoms with E-state index in [1.165, 1.54) is 0 Å². The quantitative estimate of drug-likeness (QED) is 0.505. The highest BCUT2D eigenvalue weighted by Crippen LogP contribution is 2.42. The van der Waals surface area contributed by atoms with E-state index in [-0.39, 0.29) is 12.0 Å². The van der Waals surface area contributed by atoms with Gasteiger partial charge in [0.25, 0.3) is 0 Å². The maximum Gasteiger partial charge on any atom is 0.200 e. The van der Waals surface area contributed by atoms with Gasteiger partial charge in [0.1, 0.15) is 0 Å². The lowest BCUT2D eigenvalue weighted by atomic mass is 10.0. The maximum absolute atomic E-state index is 6.71. The third kappa shape index (κ3) is 4.82. The Labute approximate surface area is 144 Å². The van der Waals surface area contributed by atoms with Crippen molar-refractivity contribution in [2.24, 2.45) is 5.92 Å². The zero-order valence-corrected chi connectivity index (χ0v) is 17.5. The molecule has 1 saturated heterocycles. The first kappa shape index (κ1) is 20.7. The van der Waals surface area contributed by atoms with Gasteiger partial charge in [-0.3, -0.25) is 0 Å². The SMILES string of the molecule is CC#C[C@@H]1COC(C)(C)O[C@H]1CO[Si](C(C)C)(C(C)C)C(C)C. The molecule has 0 saturated carbocycles. The number of hydrogen-bond donors (Lipinski definition) is 0. The molecule has 0 aromatic carbocycles. The first-order valence-electron chi connectivity index (χ1n) is 8.94. The lowest BCUT2D eigenvalue weighted by Crippen LogP contribution is -2.53. The summed E-state index contributed by atoms with van der Waals surface area (Å²) >= 11 is 0. The van der Waals surface area contributed by atoms with Crippen LogP contribution in [0.4, 0.5) is 0 Å². The first-order valence-corrected chi connectivity index (χ1v) is 11.1. The van der Waals surface area contributed by atoms with Gasteiger partial charge in [-0.15, -0.1) is 5.92 Å². The average Bonchev–Trinajstić information content (AvgIpc) is 2.40. The fourth-order valence-corrected chi connectivity index (χ4v) is 9.53. The zero-order chi connectivity index (χ0) is 17.8. The van der Waals surface area contributed by atoms with Gasteiger partial charge < -0.3 is 13.9 Å². The van der Waals surface area contributed by atoms with E-state index in [4.69, 9.17) is 13.9 Å². The molecule has 1 heterocycles. The van der Waals surface area contributed by atoms with Gasteiger partial charge in [-0.05, 0) is 37.4 Å². The molecule has 0 N–H and O–H groups in total. The maximum atomic E-state index is 6.71. The Balaban J connectivity index is 2.94. The van der Waals surface area contributed by atoms with Gasteiger partial charge in [0.2, 0.25) is 0 Å². The van der Waals surface area contributed by atoms with Crippen LogP contribution in [0.15, 0.2) is 0 Å². The average molecular weight is 341 g/mol. The Morgan fingerprint density at radius 1 is 1.09 bits per heavy atom. The second kappa shape index (κ2) is 8.16. The monoisotopic (exact) mass is 340 g/mol. The molecule has 4 heteroatoms. The Hall–Kier alpha value is -0.343. The summed E-state index contributed by atoms with van der Waals surface area (Å²) in [4.78, 5) is 0. The van der Waals surface area contributed by atoms with Crippen LogP contribution in [0.25, 0.3) is 0 Å². The Bertz CT molecular complexity index is 410. The summed E-state index contributed by atoms with van der Waals surface area (Å²) in [5, 5.41) is 0. The van der Waals surface area contributed by atoms with Crippen molar-refractivity contribution in [1.29, 1.82) is 0 Å². The van der Waals surface area contributed by atoms with Gasteiger partial charge in [0.05, 0.1) is 25.2 Å². The van der Waals surface area contributed by atoms with E-state index in [1.807, 2.05) is 20.8 Å². The van der Waals surface area contributed by atoms with Crippen LogP contribution < -0.4 is 0 Å². The van der Waals surface area contributed by atoms with Gasteiger partial charge in [-0.2, -0.15) is 0 Å². The van der Waals surface area contributed by atoms with Crippen molar-refractivity contribution in [1.82, 2.24) is 0 Å². The largest absolute Gasteiger partial charge is 0.413 e. The lowest BCUT2D eigenvalue weighted by molar-refractivity contribution is -0.289. The molecule has 3 nitrogen and oxygen atoms in total. The zero-order valence-electron chi connectivity index (χ0n) is 16.5. The highest BCUT2D eigenvalue weighted by Gasteiger charge is 2.46. The summed E-state index contributed by atoms with van der Waals surface area (Å²) in [6.45, 7) is 20.9. The summed E-state index contributed by atoms with van der Waals surface area (Å²) < 4.78 is 18.6. The van der Waals surface area contributed by atoms with Crippen molar-refractivity contribution < 1.29 is 13.9 Å². The minimum absolute atomic E-state index is 0.0191. The molecular formula is C19H36O3Si. The van der Waals surface area contributed by atoms with Crippen LogP contribution in [0.1, 0.15) is 62.3 Å². The summed E-state index contributed by atoms with van der Waals surface area (Å²) in [7, 11) is -1.88. The minimum atomic E-state index is -1.88. The van der Waals surface area contributed by atoms with Crippen molar-refractivity contribution in [2.75, 3.05) is 13.2 Å². The Kier molecular flexibility index (Phi) is 7.34. The Morgan fingerprint density at radius 3 is 2.04 bits per heavy atom. The molecule has 0 aromatic rings. The second-order valence-corrected chi connectivity index (χ2v) is 13.5. The van der Waals surface area contributed by atoms with Crippen LogP contribution in [0.3, 0.4) is 0 Å². The lowest BCUT2D eigenvalue weighted by Gasteiger charge is -2.45. The van der Waals surface area contributed by atoms with Gasteiger partial charge in [-0.1, -0.05) is 47.5 Å². The van der Waals surface area contributed by atoms with Crippen molar-refractivity contribution in [2.45, 2.75) is 90.8 Å². The van der Waals surface area contributed by atoms with E-state index in [0.29, 0.717) is 29.8 Å². The summed E-state index contributed by atoms with van der Waals surface area (Å²) in [5.74, 6) is 5.77. The van der Waals surface area contributed by atoms with E-state index in [9.17, 15) is 0 Å². The molecule has 1 rings (SSSR count). The minimum Gasteiger partial charge on any atom is -0.413 e. The first-order chi connectivity index (χ1) is 10.6. The van der Waals surface area contributed by atoms with Gasteiger partial charge in [0.15, 0.2) is 14.1 Å². The summed E-state index contributed by atoms with van der Waals surface area (Å²) in [6, 6.07) is 0. The second-order valence-electron chi connectivity index (χ2n) is 8.00. The van der Waals surface area contributed by atoms with E-state index in [1.54, 1.807) is 0 Å². The number of ether oxygens (including phenoxy) is 2. The normalized spacial score (nSPS) is 24.9. The predicted octanol–water partition coefficient (Wildman–Crippen LogP) is 4.97. The van der Waals surface area contributed by atoms with Crippen LogP contribution in [0.5, 0.6) is 0 Å². The molecule has 0 aromatic heterocycles. The molecule has 0 aliphatic carbocycles. The van der Waals surface area contributed by atoms with Crippen molar-refractivity contribution in [3.8, 4) is 11.8 Å². The molecule has 23 heavy (non-hydrogen) atoms. The van der Waals surface area contributed by atoms with Crippen molar-refractivity contribution in [3.63, 3.8) is 0 Å². The summed E-state index contributed by atoms with van der Waals surface area (Å²) in [5.41, 5.74) is 1.73. The van der Waals surface area contributed by atoms with Crippen LogP contribution >= 0.6 is 0 Å². The predicted molar refractivity (Wildman–Crippen MR) is 98.8 cm³/mol. The third-order valence-electron chi connectivity index (χ3n) is 5.03. The highest BCUT2D eigenvalue weighted by molar-refractivity contribution is 6.77. The standard InChI is InChI=1S/C19H36O3Si/c1-10-11-17-12-20-19(8,9)22-18(17)13-21-23(14(2)3,15(4)5)16(6)7/h14-18H,12-13H2,1-9H3/t17-,18+/m1/s1. The van der Waals surface area contributed by atoms with Crippen molar-refractivity contribution in [3.05, 3.63) is 0 Å². The van der Waals surface area contributed by atoms with E-state index in [0.717, 1.165) is 0 Å². The van der Waals surface area contributed by atoms with Gasteiger partial charge >= 0.3 is 0 Å². The molecule has 1 fully saturated rings. The molecule has 134 valence electrons. The molecular weight excluding hydrogens is 304 g/mol. The molecule has 2 atom stereocenters. The van der Waals surface area contributed by atoms with Crippen LogP contribution in [-0.2, 0) is 13.9 Å². The topological polar surface area (TPSA) is 27.7 Å². The van der Waals surface area contributed by atoms with Crippen LogP contribution in [0, 0.1) is 17.8 Å². The molecule has 0 unspecified atom stereocenters. The molecule has 1 aliphatic heterocycles. The van der Waals surface area contributed by atoms with E-state index < -0.39 is 14.1 Å². The van der Waals surface area contributed by atoms with Crippen LogP contribution in [-0.4, -0.2) is 33.4 Å². The fraction of sp³-hybridized carbons (Fsp3) is 0.895.